The fraction of sp³-hybridized carbons (Fsp3) is 0.857. The Morgan fingerprint density at radius 1 is 1.25 bits per heavy atom. The van der Waals surface area contributed by atoms with E-state index in [2.05, 4.69) is 5.32 Å². The van der Waals surface area contributed by atoms with Crippen molar-refractivity contribution < 1.29 is 19.8 Å². The van der Waals surface area contributed by atoms with E-state index in [0.717, 1.165) is 25.7 Å². The van der Waals surface area contributed by atoms with E-state index in [1.54, 1.807) is 11.8 Å². The van der Waals surface area contributed by atoms with Crippen molar-refractivity contribution in [3.8, 4) is 0 Å². The summed E-state index contributed by atoms with van der Waals surface area (Å²) in [4.78, 5) is 25.1. The topological polar surface area (TPSA) is 89.9 Å². The number of aliphatic carboxylic acids is 1. The summed E-state index contributed by atoms with van der Waals surface area (Å²) in [6, 6.07) is -0.447. The van der Waals surface area contributed by atoms with Gasteiger partial charge in [0.15, 0.2) is 0 Å². The number of nitrogens with one attached hydrogen (secondary N) is 1. The number of likely N-dealkylation sites (tertiary alicyclic amines) is 1. The van der Waals surface area contributed by atoms with Gasteiger partial charge in [0, 0.05) is 13.1 Å². The van der Waals surface area contributed by atoms with Crippen molar-refractivity contribution in [1.29, 1.82) is 0 Å². The molecule has 20 heavy (non-hydrogen) atoms. The molecule has 2 fully saturated rings. The average molecular weight is 284 g/mol. The van der Waals surface area contributed by atoms with Crippen molar-refractivity contribution in [3.63, 3.8) is 0 Å². The lowest BCUT2D eigenvalue weighted by Crippen LogP contribution is -2.55. The van der Waals surface area contributed by atoms with Crippen molar-refractivity contribution in [3.05, 3.63) is 0 Å². The molecule has 1 saturated carbocycles. The Balaban J connectivity index is 1.93. The Bertz CT molecular complexity index is 387. The van der Waals surface area contributed by atoms with Crippen molar-refractivity contribution >= 4 is 12.0 Å². The molecule has 1 saturated heterocycles. The van der Waals surface area contributed by atoms with E-state index >= 15 is 0 Å². The molecule has 6 nitrogen and oxygen atoms in total. The Labute approximate surface area is 119 Å². The molecule has 114 valence electrons. The third-order valence-corrected chi connectivity index (χ3v) is 4.54. The number of carbonyl (C=O) groups is 2. The zero-order valence-electron chi connectivity index (χ0n) is 12.0. The summed E-state index contributed by atoms with van der Waals surface area (Å²) in [7, 11) is 0. The molecule has 0 aromatic rings. The Hall–Kier alpha value is -1.30. The van der Waals surface area contributed by atoms with Crippen LogP contribution in [0.5, 0.6) is 0 Å². The maximum Gasteiger partial charge on any atom is 0.317 e. The zero-order valence-corrected chi connectivity index (χ0v) is 12.0. The molecule has 1 aliphatic heterocycles. The van der Waals surface area contributed by atoms with Crippen LogP contribution in [0.15, 0.2) is 0 Å². The van der Waals surface area contributed by atoms with E-state index < -0.39 is 17.5 Å². The molecule has 2 rings (SSSR count). The molecule has 1 heterocycles. The molecule has 3 unspecified atom stereocenters. The fourth-order valence-corrected chi connectivity index (χ4v) is 3.12. The van der Waals surface area contributed by atoms with Gasteiger partial charge >= 0.3 is 12.0 Å². The summed E-state index contributed by atoms with van der Waals surface area (Å²) < 4.78 is 0. The number of urea groups is 1. The predicted molar refractivity (Wildman–Crippen MR) is 73.3 cm³/mol. The zero-order chi connectivity index (χ0) is 14.8. The average Bonchev–Trinajstić information content (AvgIpc) is 2.41. The molecule has 2 aliphatic rings. The summed E-state index contributed by atoms with van der Waals surface area (Å²) in [6.07, 6.45) is 4.32. The Kier molecular flexibility index (Phi) is 4.52. The van der Waals surface area contributed by atoms with Crippen LogP contribution in [-0.2, 0) is 4.79 Å². The molecule has 0 radical (unpaired) electrons. The second-order valence-electron chi connectivity index (χ2n) is 6.30. The van der Waals surface area contributed by atoms with Crippen LogP contribution >= 0.6 is 0 Å². The number of amides is 2. The van der Waals surface area contributed by atoms with Gasteiger partial charge in [0.05, 0.1) is 17.6 Å². The van der Waals surface area contributed by atoms with Gasteiger partial charge in [-0.25, -0.2) is 4.79 Å². The van der Waals surface area contributed by atoms with E-state index in [1.165, 1.54) is 0 Å². The summed E-state index contributed by atoms with van der Waals surface area (Å²) >= 11 is 0. The van der Waals surface area contributed by atoms with E-state index in [4.69, 9.17) is 0 Å². The number of hydrogen-bond acceptors (Lipinski definition) is 3. The lowest BCUT2D eigenvalue weighted by Gasteiger charge is -2.39. The first kappa shape index (κ1) is 15.1. The highest BCUT2D eigenvalue weighted by Gasteiger charge is 2.40. The van der Waals surface area contributed by atoms with Gasteiger partial charge in [0.2, 0.25) is 0 Å². The summed E-state index contributed by atoms with van der Waals surface area (Å²) in [5.74, 6) is -0.854. The smallest absolute Gasteiger partial charge is 0.317 e. The molecule has 3 N–H and O–H groups in total. The summed E-state index contributed by atoms with van der Waals surface area (Å²) in [6.45, 7) is 2.50. The van der Waals surface area contributed by atoms with Gasteiger partial charge < -0.3 is 20.4 Å². The number of carbonyl (C=O) groups excluding carboxylic acids is 1. The van der Waals surface area contributed by atoms with Gasteiger partial charge in [-0.05, 0) is 32.6 Å². The first-order valence-corrected chi connectivity index (χ1v) is 7.39. The lowest BCUT2D eigenvalue weighted by molar-refractivity contribution is -0.150. The van der Waals surface area contributed by atoms with Gasteiger partial charge in [0.25, 0.3) is 0 Å². The summed E-state index contributed by atoms with van der Waals surface area (Å²) in [5.41, 5.74) is -0.860. The molecule has 0 spiro atoms. The van der Waals surface area contributed by atoms with E-state index in [9.17, 15) is 19.8 Å². The van der Waals surface area contributed by atoms with E-state index in [0.29, 0.717) is 19.4 Å². The maximum atomic E-state index is 12.2. The summed E-state index contributed by atoms with van der Waals surface area (Å²) in [5, 5.41) is 22.0. The SMILES string of the molecule is CC1(C(=O)O)CCCN(C(=O)NC2CCCCC2O)C1. The standard InChI is InChI=1S/C14H24N2O4/c1-14(12(18)19)7-4-8-16(9-14)13(20)15-10-5-2-3-6-11(10)17/h10-11,17H,2-9H2,1H3,(H,15,20)(H,18,19). The van der Waals surface area contributed by atoms with Crippen molar-refractivity contribution in [2.24, 2.45) is 5.41 Å². The van der Waals surface area contributed by atoms with Crippen LogP contribution in [0.4, 0.5) is 4.79 Å². The molecule has 3 atom stereocenters. The molecule has 2 amide bonds. The molecule has 0 aromatic heterocycles. The van der Waals surface area contributed by atoms with Crippen molar-refractivity contribution in [2.45, 2.75) is 57.6 Å². The number of nitrogens with zero attached hydrogens (tertiary/aromatic N) is 1. The minimum Gasteiger partial charge on any atom is -0.481 e. The number of carboxylic acids is 1. The monoisotopic (exact) mass is 284 g/mol. The first-order chi connectivity index (χ1) is 9.42. The predicted octanol–water partition coefficient (Wildman–Crippen LogP) is 1.19. The minimum absolute atomic E-state index is 0.200. The minimum atomic E-state index is -0.860. The molecular weight excluding hydrogens is 260 g/mol. The highest BCUT2D eigenvalue weighted by molar-refractivity contribution is 5.78. The largest absolute Gasteiger partial charge is 0.481 e. The van der Waals surface area contributed by atoms with E-state index in [1.807, 2.05) is 0 Å². The number of aliphatic hydroxyl groups is 1. The second-order valence-corrected chi connectivity index (χ2v) is 6.30. The van der Waals surface area contributed by atoms with Crippen LogP contribution in [0.2, 0.25) is 0 Å². The number of hydrogen-bond donors (Lipinski definition) is 3. The van der Waals surface area contributed by atoms with Crippen molar-refractivity contribution in [2.75, 3.05) is 13.1 Å². The molecule has 1 aliphatic carbocycles. The molecule has 0 bridgehead atoms. The highest BCUT2D eigenvalue weighted by Crippen LogP contribution is 2.30. The van der Waals surface area contributed by atoms with E-state index in [-0.39, 0.29) is 18.6 Å². The highest BCUT2D eigenvalue weighted by atomic mass is 16.4. The van der Waals surface area contributed by atoms with Crippen LogP contribution in [-0.4, -0.2) is 52.3 Å². The van der Waals surface area contributed by atoms with Gasteiger partial charge in [-0.15, -0.1) is 0 Å². The van der Waals surface area contributed by atoms with Crippen LogP contribution in [0.3, 0.4) is 0 Å². The van der Waals surface area contributed by atoms with Crippen LogP contribution in [0.1, 0.15) is 45.4 Å². The molecular formula is C14H24N2O4. The molecule has 0 aromatic carbocycles. The first-order valence-electron chi connectivity index (χ1n) is 7.39. The normalized spacial score (nSPS) is 34.6. The third-order valence-electron chi connectivity index (χ3n) is 4.54. The van der Waals surface area contributed by atoms with Gasteiger partial charge in [0.1, 0.15) is 0 Å². The number of aliphatic hydroxyl groups excluding tert-OH is 1. The van der Waals surface area contributed by atoms with Crippen LogP contribution < -0.4 is 5.32 Å². The quantitative estimate of drug-likeness (QED) is 0.710. The fourth-order valence-electron chi connectivity index (χ4n) is 3.12. The van der Waals surface area contributed by atoms with Gasteiger partial charge in [-0.2, -0.15) is 0 Å². The van der Waals surface area contributed by atoms with Crippen LogP contribution in [0.25, 0.3) is 0 Å². The maximum absolute atomic E-state index is 12.2. The third kappa shape index (κ3) is 3.23. The Morgan fingerprint density at radius 3 is 2.60 bits per heavy atom. The number of carboxylic acid groups (broad SMARTS) is 1. The second kappa shape index (κ2) is 5.99. The van der Waals surface area contributed by atoms with Crippen molar-refractivity contribution in [1.82, 2.24) is 10.2 Å². The van der Waals surface area contributed by atoms with Gasteiger partial charge in [-0.3, -0.25) is 4.79 Å². The number of rotatable bonds is 2. The van der Waals surface area contributed by atoms with Crippen LogP contribution in [0, 0.1) is 5.41 Å². The number of piperidine rings is 1. The van der Waals surface area contributed by atoms with Gasteiger partial charge in [-0.1, -0.05) is 12.8 Å². The lowest BCUT2D eigenvalue weighted by atomic mass is 9.82. The Morgan fingerprint density at radius 2 is 1.95 bits per heavy atom. The molecule has 6 heteroatoms.